The van der Waals surface area contributed by atoms with Gasteiger partial charge in [0.15, 0.2) is 11.5 Å². The molecule has 0 unspecified atom stereocenters. The predicted molar refractivity (Wildman–Crippen MR) is 121 cm³/mol. The number of carbonyl (C=O) groups excluding carboxylic acids is 1. The number of nitrogens with zero attached hydrogens (tertiary/aromatic N) is 8. The van der Waals surface area contributed by atoms with Gasteiger partial charge in [-0.2, -0.15) is 23.4 Å². The van der Waals surface area contributed by atoms with E-state index in [1.807, 2.05) is 20.8 Å². The van der Waals surface area contributed by atoms with Crippen LogP contribution in [0, 0.1) is 10.8 Å². The number of urea groups is 1. The van der Waals surface area contributed by atoms with Crippen LogP contribution in [0.5, 0.6) is 0 Å². The Bertz CT molecular complexity index is 1160. The summed E-state index contributed by atoms with van der Waals surface area (Å²) in [5, 5.41) is 11.7. The average molecular weight is 503 g/mol. The number of alkyl halides is 3. The lowest BCUT2D eigenvalue weighted by atomic mass is 9.60. The van der Waals surface area contributed by atoms with Crippen LogP contribution >= 0.6 is 0 Å². The van der Waals surface area contributed by atoms with E-state index in [1.165, 1.54) is 18.9 Å². The van der Waals surface area contributed by atoms with E-state index >= 15 is 0 Å². The van der Waals surface area contributed by atoms with Crippen molar-refractivity contribution in [3.8, 4) is 0 Å². The second-order valence-corrected chi connectivity index (χ2v) is 11.8. The van der Waals surface area contributed by atoms with Crippen LogP contribution in [-0.2, 0) is 12.7 Å². The summed E-state index contributed by atoms with van der Waals surface area (Å²) in [4.78, 5) is 23.6. The van der Waals surface area contributed by atoms with Crippen molar-refractivity contribution in [2.45, 2.75) is 56.8 Å². The zero-order chi connectivity index (χ0) is 24.7. The van der Waals surface area contributed by atoms with E-state index in [4.69, 9.17) is 0 Å². The maximum absolute atomic E-state index is 13.0. The minimum Gasteiger partial charge on any atom is -0.323 e. The summed E-state index contributed by atoms with van der Waals surface area (Å²) in [6.07, 6.45) is 2.93. The second-order valence-electron chi connectivity index (χ2n) is 11.8. The molecule has 2 amide bonds. The number of aromatic nitrogens is 5. The number of amides is 2. The summed E-state index contributed by atoms with van der Waals surface area (Å²) >= 11 is 0. The Kier molecular flexibility index (Phi) is 4.75. The van der Waals surface area contributed by atoms with Crippen LogP contribution in [0.1, 0.15) is 61.3 Å². The Morgan fingerprint density at radius 1 is 1.00 bits per heavy atom. The molecule has 0 aromatic carbocycles. The Labute approximate surface area is 206 Å². The molecule has 2 saturated carbocycles. The van der Waals surface area contributed by atoms with Crippen LogP contribution in [-0.4, -0.2) is 85.0 Å². The predicted octanol–water partition coefficient (Wildman–Crippen LogP) is 2.93. The van der Waals surface area contributed by atoms with Crippen LogP contribution in [0.25, 0.3) is 0 Å². The largest absolute Gasteiger partial charge is 0.435 e. The van der Waals surface area contributed by atoms with E-state index in [2.05, 4.69) is 25.2 Å². The van der Waals surface area contributed by atoms with Gasteiger partial charge in [0.05, 0.1) is 11.7 Å². The molecule has 5 heterocycles. The lowest BCUT2D eigenvalue weighted by Crippen LogP contribution is -2.69. The molecule has 0 N–H and O–H groups in total. The summed E-state index contributed by atoms with van der Waals surface area (Å²) in [6, 6.07) is 2.93. The first-order valence-electron chi connectivity index (χ1n) is 12.8. The molecule has 9 nitrogen and oxygen atoms in total. The molecular formula is C24H29F3N8O. The highest BCUT2D eigenvalue weighted by Crippen LogP contribution is 2.54. The van der Waals surface area contributed by atoms with Gasteiger partial charge in [0.25, 0.3) is 0 Å². The maximum Gasteiger partial charge on any atom is 0.435 e. The van der Waals surface area contributed by atoms with Crippen molar-refractivity contribution >= 4 is 6.03 Å². The van der Waals surface area contributed by atoms with Crippen molar-refractivity contribution in [3.63, 3.8) is 0 Å². The number of hydrogen-bond donors (Lipinski definition) is 0. The topological polar surface area (TPSA) is 83.3 Å². The average Bonchev–Trinajstić information content (AvgIpc) is 3.34. The first-order valence-corrected chi connectivity index (χ1v) is 12.8. The Balaban J connectivity index is 0.860. The number of halogens is 3. The molecule has 0 atom stereocenters. The normalized spacial score (nSPS) is 25.2. The molecule has 2 aromatic rings. The van der Waals surface area contributed by atoms with E-state index in [0.29, 0.717) is 24.2 Å². The number of carbonyl (C=O) groups is 1. The standard InChI is InChI=1S/C24H29F3N8O/c25-24(26,27)19-4-3-17(29-30-19)9-32-6-5-22(10-32)11-33(12-22)21(36)34-13-23(14-34)7-18(8-23)35-15-28-20(31-35)16-1-2-16/h3-4,15-16,18H,1-2,5-14H2. The SMILES string of the molecule is O=C(N1CC2(CC(n3cnc(C4CC4)n3)C2)C1)N1CC2(CCN(Cc3ccc(C(F)(F)F)nn3)C2)C1. The molecule has 36 heavy (non-hydrogen) atoms. The second kappa shape index (κ2) is 7.62. The molecule has 5 aliphatic rings. The fourth-order valence-electron chi connectivity index (χ4n) is 6.62. The Morgan fingerprint density at radius 3 is 2.36 bits per heavy atom. The van der Waals surface area contributed by atoms with Crippen LogP contribution < -0.4 is 0 Å². The minimum atomic E-state index is -4.47. The molecule has 3 saturated heterocycles. The molecule has 5 fully saturated rings. The molecular weight excluding hydrogens is 473 g/mol. The van der Waals surface area contributed by atoms with Gasteiger partial charge in [-0.3, -0.25) is 4.90 Å². The lowest BCUT2D eigenvalue weighted by Gasteiger charge is -2.60. The third-order valence-electron chi connectivity index (χ3n) is 8.74. The number of likely N-dealkylation sites (tertiary alicyclic amines) is 3. The highest BCUT2D eigenvalue weighted by molar-refractivity contribution is 5.77. The number of hydrogen-bond acceptors (Lipinski definition) is 6. The molecule has 2 spiro atoms. The molecule has 12 heteroatoms. The first kappa shape index (κ1) is 22.4. The maximum atomic E-state index is 13.0. The van der Waals surface area contributed by atoms with Crippen molar-refractivity contribution in [2.75, 3.05) is 39.3 Å². The minimum absolute atomic E-state index is 0.0888. The van der Waals surface area contributed by atoms with Gasteiger partial charge in [-0.05, 0) is 50.8 Å². The van der Waals surface area contributed by atoms with Crippen molar-refractivity contribution in [1.29, 1.82) is 0 Å². The highest BCUT2D eigenvalue weighted by Gasteiger charge is 2.57. The molecule has 0 bridgehead atoms. The summed E-state index contributed by atoms with van der Waals surface area (Å²) in [5.74, 6) is 1.56. The van der Waals surface area contributed by atoms with Gasteiger partial charge in [-0.1, -0.05) is 0 Å². The van der Waals surface area contributed by atoms with Crippen molar-refractivity contribution in [3.05, 3.63) is 35.7 Å². The van der Waals surface area contributed by atoms with Crippen LogP contribution in [0.2, 0.25) is 0 Å². The molecule has 192 valence electrons. The molecule has 7 rings (SSSR count). The van der Waals surface area contributed by atoms with Crippen LogP contribution in [0.3, 0.4) is 0 Å². The third-order valence-corrected chi connectivity index (χ3v) is 8.74. The van der Waals surface area contributed by atoms with Gasteiger partial charge < -0.3 is 9.80 Å². The summed E-state index contributed by atoms with van der Waals surface area (Å²) < 4.78 is 40.1. The quantitative estimate of drug-likeness (QED) is 0.640. The zero-order valence-corrected chi connectivity index (χ0v) is 20.0. The van der Waals surface area contributed by atoms with Crippen molar-refractivity contribution < 1.29 is 18.0 Å². The molecule has 2 aliphatic carbocycles. The molecule has 2 aromatic heterocycles. The van der Waals surface area contributed by atoms with Crippen molar-refractivity contribution in [1.82, 2.24) is 39.7 Å². The Hall–Kier alpha value is -2.76. The van der Waals surface area contributed by atoms with Gasteiger partial charge in [-0.15, -0.1) is 5.10 Å². The van der Waals surface area contributed by atoms with E-state index in [-0.39, 0.29) is 16.9 Å². The summed E-state index contributed by atoms with van der Waals surface area (Å²) in [5.41, 5.74) is -0.0948. The number of rotatable bonds is 4. The van der Waals surface area contributed by atoms with Gasteiger partial charge in [0.1, 0.15) is 6.33 Å². The lowest BCUT2D eigenvalue weighted by molar-refractivity contribution is -0.141. The molecule has 0 radical (unpaired) electrons. The Morgan fingerprint density at radius 2 is 1.72 bits per heavy atom. The van der Waals surface area contributed by atoms with Gasteiger partial charge in [0.2, 0.25) is 0 Å². The van der Waals surface area contributed by atoms with E-state index < -0.39 is 11.9 Å². The fraction of sp³-hybridized carbons (Fsp3) is 0.708. The first-order chi connectivity index (χ1) is 17.2. The smallest absolute Gasteiger partial charge is 0.323 e. The summed E-state index contributed by atoms with van der Waals surface area (Å²) in [6.45, 7) is 5.30. The van der Waals surface area contributed by atoms with Gasteiger partial charge >= 0.3 is 12.2 Å². The van der Waals surface area contributed by atoms with Crippen molar-refractivity contribution in [2.24, 2.45) is 10.8 Å². The monoisotopic (exact) mass is 502 g/mol. The van der Waals surface area contributed by atoms with E-state index in [9.17, 15) is 18.0 Å². The van der Waals surface area contributed by atoms with Crippen LogP contribution in [0.15, 0.2) is 18.5 Å². The summed E-state index contributed by atoms with van der Waals surface area (Å²) in [7, 11) is 0. The highest BCUT2D eigenvalue weighted by atomic mass is 19.4. The molecule has 3 aliphatic heterocycles. The van der Waals surface area contributed by atoms with Gasteiger partial charge in [-0.25, -0.2) is 14.5 Å². The van der Waals surface area contributed by atoms with Gasteiger partial charge in [0, 0.05) is 56.0 Å². The fourth-order valence-corrected chi connectivity index (χ4v) is 6.62. The zero-order valence-electron chi connectivity index (χ0n) is 20.0. The van der Waals surface area contributed by atoms with E-state index in [1.54, 1.807) is 0 Å². The van der Waals surface area contributed by atoms with Crippen LogP contribution in [0.4, 0.5) is 18.0 Å². The van der Waals surface area contributed by atoms with E-state index in [0.717, 1.165) is 70.4 Å². The third kappa shape index (κ3) is 3.84.